The van der Waals surface area contributed by atoms with Gasteiger partial charge in [0.15, 0.2) is 5.82 Å². The maximum Gasteiger partial charge on any atom is 0.164 e. The van der Waals surface area contributed by atoms with Crippen molar-refractivity contribution in [2.75, 3.05) is 0 Å². The highest BCUT2D eigenvalue weighted by Crippen LogP contribution is 2.39. The Bertz CT molecular complexity index is 590. The second kappa shape index (κ2) is 4.67. The molecule has 0 unspecified atom stereocenters. The van der Waals surface area contributed by atoms with E-state index in [1.807, 2.05) is 0 Å². The predicted molar refractivity (Wildman–Crippen MR) is 75.7 cm³/mol. The molecule has 3 nitrogen and oxygen atoms in total. The summed E-state index contributed by atoms with van der Waals surface area (Å²) in [7, 11) is 0. The molecule has 1 heterocycles. The van der Waals surface area contributed by atoms with Crippen LogP contribution in [0.15, 0.2) is 22.7 Å². The Balaban J connectivity index is 2.10. The summed E-state index contributed by atoms with van der Waals surface area (Å²) >= 11 is 9.45. The van der Waals surface area contributed by atoms with E-state index in [1.165, 1.54) is 18.4 Å². The van der Waals surface area contributed by atoms with Crippen LogP contribution in [-0.4, -0.2) is 14.8 Å². The summed E-state index contributed by atoms with van der Waals surface area (Å²) in [5.74, 6) is 2.22. The van der Waals surface area contributed by atoms with Gasteiger partial charge in [-0.05, 0) is 37.5 Å². The molecule has 0 radical (unpaired) electrons. The summed E-state index contributed by atoms with van der Waals surface area (Å²) in [6, 6.07) is 6.78. The maximum atomic E-state index is 5.93. The molecule has 18 heavy (non-hydrogen) atoms. The molecule has 1 fully saturated rings. The molecule has 0 aliphatic heterocycles. The highest BCUT2D eigenvalue weighted by atomic mass is 79.9. The Kier molecular flexibility index (Phi) is 3.16. The van der Waals surface area contributed by atoms with Gasteiger partial charge in [0.05, 0.1) is 5.88 Å². The molecule has 1 aromatic heterocycles. The van der Waals surface area contributed by atoms with Crippen LogP contribution < -0.4 is 0 Å². The zero-order valence-electron chi connectivity index (χ0n) is 10.0. The Morgan fingerprint density at radius 3 is 2.78 bits per heavy atom. The first-order valence-electron chi connectivity index (χ1n) is 5.97. The number of benzene rings is 1. The lowest BCUT2D eigenvalue weighted by molar-refractivity contribution is 0.712. The number of hydrogen-bond acceptors (Lipinski definition) is 2. The van der Waals surface area contributed by atoms with Crippen LogP contribution >= 0.6 is 27.5 Å². The van der Waals surface area contributed by atoms with Crippen LogP contribution in [0.1, 0.15) is 30.3 Å². The van der Waals surface area contributed by atoms with Crippen molar-refractivity contribution in [2.45, 2.75) is 31.7 Å². The number of hydrogen-bond donors (Lipinski definition) is 0. The molecule has 94 valence electrons. The third kappa shape index (κ3) is 2.08. The van der Waals surface area contributed by atoms with E-state index in [2.05, 4.69) is 55.8 Å². The molecule has 1 saturated carbocycles. The lowest BCUT2D eigenvalue weighted by Crippen LogP contribution is -2.02. The summed E-state index contributed by atoms with van der Waals surface area (Å²) in [6.07, 6.45) is 2.40. The number of halogens is 2. The van der Waals surface area contributed by atoms with Gasteiger partial charge in [0.25, 0.3) is 0 Å². The van der Waals surface area contributed by atoms with Gasteiger partial charge in [-0.25, -0.2) is 0 Å². The third-order valence-corrected chi connectivity index (χ3v) is 4.34. The highest BCUT2D eigenvalue weighted by molar-refractivity contribution is 9.10. The van der Waals surface area contributed by atoms with Crippen molar-refractivity contribution in [3.63, 3.8) is 0 Å². The molecule has 0 bridgehead atoms. The fourth-order valence-corrected chi connectivity index (χ4v) is 2.54. The third-order valence-electron chi connectivity index (χ3n) is 3.21. The second-order valence-electron chi connectivity index (χ2n) is 4.64. The number of alkyl halides is 1. The van der Waals surface area contributed by atoms with Crippen LogP contribution in [0, 0.1) is 6.92 Å². The zero-order chi connectivity index (χ0) is 12.7. The van der Waals surface area contributed by atoms with Gasteiger partial charge in [0, 0.05) is 16.1 Å². The summed E-state index contributed by atoms with van der Waals surface area (Å²) < 4.78 is 3.30. The van der Waals surface area contributed by atoms with Gasteiger partial charge in [-0.2, -0.15) is 0 Å². The van der Waals surface area contributed by atoms with E-state index < -0.39 is 0 Å². The van der Waals surface area contributed by atoms with E-state index in [0.29, 0.717) is 11.9 Å². The molecular weight excluding hydrogens is 314 g/mol. The Morgan fingerprint density at radius 2 is 2.17 bits per heavy atom. The van der Waals surface area contributed by atoms with Crippen molar-refractivity contribution < 1.29 is 0 Å². The maximum absolute atomic E-state index is 5.93. The van der Waals surface area contributed by atoms with Crippen molar-refractivity contribution in [1.82, 2.24) is 14.8 Å². The van der Waals surface area contributed by atoms with Gasteiger partial charge < -0.3 is 4.57 Å². The molecule has 5 heteroatoms. The minimum atomic E-state index is 0.416. The van der Waals surface area contributed by atoms with Gasteiger partial charge in [-0.15, -0.1) is 21.8 Å². The van der Waals surface area contributed by atoms with E-state index in [9.17, 15) is 0 Å². The van der Waals surface area contributed by atoms with Gasteiger partial charge >= 0.3 is 0 Å². The van der Waals surface area contributed by atoms with Crippen LogP contribution in [0.4, 0.5) is 0 Å². The van der Waals surface area contributed by atoms with E-state index in [4.69, 9.17) is 11.6 Å². The van der Waals surface area contributed by atoms with E-state index in [1.54, 1.807) is 0 Å². The molecule has 0 spiro atoms. The van der Waals surface area contributed by atoms with Crippen LogP contribution in [0.5, 0.6) is 0 Å². The highest BCUT2D eigenvalue weighted by Gasteiger charge is 2.29. The molecule has 0 saturated heterocycles. The van der Waals surface area contributed by atoms with Crippen LogP contribution in [0.3, 0.4) is 0 Å². The van der Waals surface area contributed by atoms with Gasteiger partial charge in [0.1, 0.15) is 5.82 Å². The minimum Gasteiger partial charge on any atom is -0.307 e. The zero-order valence-corrected chi connectivity index (χ0v) is 12.4. The lowest BCUT2D eigenvalue weighted by Gasteiger charge is -2.08. The second-order valence-corrected chi connectivity index (χ2v) is 5.76. The molecule has 0 amide bonds. The van der Waals surface area contributed by atoms with Gasteiger partial charge in [-0.3, -0.25) is 0 Å². The van der Waals surface area contributed by atoms with Gasteiger partial charge in [0.2, 0.25) is 0 Å². The molecule has 0 atom stereocenters. The first-order valence-corrected chi connectivity index (χ1v) is 7.29. The van der Waals surface area contributed by atoms with E-state index in [-0.39, 0.29) is 0 Å². The number of rotatable bonds is 3. The Hall–Kier alpha value is -0.870. The standard InChI is InChI=1S/C13H13BrClN3/c1-8-6-9(2-5-11(8)14)13-17-16-12(7-15)18(13)10-3-4-10/h2,5-6,10H,3-4,7H2,1H3. The van der Waals surface area contributed by atoms with Crippen LogP contribution in [0.2, 0.25) is 0 Å². The van der Waals surface area contributed by atoms with Crippen molar-refractivity contribution >= 4 is 27.5 Å². The number of nitrogens with zero attached hydrogens (tertiary/aromatic N) is 3. The Labute approximate surface area is 119 Å². The Morgan fingerprint density at radius 1 is 1.39 bits per heavy atom. The molecule has 2 aromatic rings. The number of aromatic nitrogens is 3. The van der Waals surface area contributed by atoms with Crippen molar-refractivity contribution in [1.29, 1.82) is 0 Å². The molecule has 1 aliphatic carbocycles. The topological polar surface area (TPSA) is 30.7 Å². The molecule has 3 rings (SSSR count). The van der Waals surface area contributed by atoms with E-state index in [0.717, 1.165) is 21.7 Å². The van der Waals surface area contributed by atoms with Crippen molar-refractivity contribution in [3.8, 4) is 11.4 Å². The summed E-state index contributed by atoms with van der Waals surface area (Å²) in [6.45, 7) is 2.08. The smallest absolute Gasteiger partial charge is 0.164 e. The quantitative estimate of drug-likeness (QED) is 0.795. The summed E-state index contributed by atoms with van der Waals surface area (Å²) in [5, 5.41) is 8.50. The average Bonchev–Trinajstić information content (AvgIpc) is 3.12. The van der Waals surface area contributed by atoms with Crippen LogP contribution in [0.25, 0.3) is 11.4 Å². The monoisotopic (exact) mass is 325 g/mol. The lowest BCUT2D eigenvalue weighted by atomic mass is 10.1. The first kappa shape index (κ1) is 12.2. The molecular formula is C13H13BrClN3. The summed E-state index contributed by atoms with van der Waals surface area (Å²) in [5.41, 5.74) is 2.30. The molecule has 1 aromatic carbocycles. The first-order chi connectivity index (χ1) is 8.70. The summed E-state index contributed by atoms with van der Waals surface area (Å²) in [4.78, 5) is 0. The predicted octanol–water partition coefficient (Wildman–Crippen LogP) is 4.09. The van der Waals surface area contributed by atoms with E-state index >= 15 is 0 Å². The average molecular weight is 327 g/mol. The molecule has 1 aliphatic rings. The SMILES string of the molecule is Cc1cc(-c2nnc(CCl)n2C2CC2)ccc1Br. The minimum absolute atomic E-state index is 0.416. The molecule has 0 N–H and O–H groups in total. The fraction of sp³-hybridized carbons (Fsp3) is 0.385. The normalized spacial score (nSPS) is 15.1. The number of aryl methyl sites for hydroxylation is 1. The van der Waals surface area contributed by atoms with Crippen LogP contribution in [-0.2, 0) is 5.88 Å². The van der Waals surface area contributed by atoms with Crippen molar-refractivity contribution in [3.05, 3.63) is 34.1 Å². The fourth-order valence-electron chi connectivity index (χ4n) is 2.11. The van der Waals surface area contributed by atoms with Crippen molar-refractivity contribution in [2.24, 2.45) is 0 Å². The van der Waals surface area contributed by atoms with Gasteiger partial charge in [-0.1, -0.05) is 22.0 Å². The largest absolute Gasteiger partial charge is 0.307 e.